The minimum absolute atomic E-state index is 0.0134. The molecular formula is C31H45NO6. The largest absolute Gasteiger partial charge is 0.458 e. The summed E-state index contributed by atoms with van der Waals surface area (Å²) in [6.07, 6.45) is 7.76. The molecule has 2 heterocycles. The van der Waals surface area contributed by atoms with E-state index >= 15 is 0 Å². The fourth-order valence-electron chi connectivity index (χ4n) is 4.87. The fraction of sp³-hybridized carbons (Fsp3) is 0.613. The molecule has 7 nitrogen and oxygen atoms in total. The maximum atomic E-state index is 13.4. The number of hydrogen-bond donors (Lipinski definition) is 0. The van der Waals surface area contributed by atoms with Gasteiger partial charge >= 0.3 is 12.1 Å². The third kappa shape index (κ3) is 7.26. The summed E-state index contributed by atoms with van der Waals surface area (Å²) in [6.45, 7) is 19.7. The molecule has 2 aliphatic rings. The smallest absolute Gasteiger partial charge is 0.414 e. The van der Waals surface area contributed by atoms with Crippen molar-refractivity contribution in [2.24, 2.45) is 11.8 Å². The highest BCUT2D eigenvalue weighted by molar-refractivity contribution is 5.97. The predicted molar refractivity (Wildman–Crippen MR) is 150 cm³/mol. The van der Waals surface area contributed by atoms with Crippen LogP contribution in [0.3, 0.4) is 0 Å². The molecule has 3 rings (SSSR count). The van der Waals surface area contributed by atoms with E-state index in [4.69, 9.17) is 18.9 Å². The summed E-state index contributed by atoms with van der Waals surface area (Å²) in [4.78, 5) is 28.0. The van der Waals surface area contributed by atoms with E-state index in [1.54, 1.807) is 4.90 Å². The molecule has 0 spiro atoms. The van der Waals surface area contributed by atoms with Gasteiger partial charge in [-0.05, 0) is 85.1 Å². The summed E-state index contributed by atoms with van der Waals surface area (Å²) in [5, 5.41) is 0. The molecule has 0 aromatic heterocycles. The van der Waals surface area contributed by atoms with Crippen LogP contribution in [0.1, 0.15) is 90.2 Å². The number of aryl methyl sites for hydroxylation is 1. The number of carbonyl (C=O) groups is 2. The highest BCUT2D eigenvalue weighted by Gasteiger charge is 2.42. The number of fused-ring (bicyclic) bond motifs is 2. The Kier molecular flexibility index (Phi) is 9.15. The minimum atomic E-state index is -0.673. The van der Waals surface area contributed by atoms with Gasteiger partial charge in [0.2, 0.25) is 0 Å². The molecule has 1 amide bonds. The zero-order chi connectivity index (χ0) is 28.4. The van der Waals surface area contributed by atoms with Gasteiger partial charge in [0.15, 0.2) is 5.79 Å². The molecule has 0 N–H and O–H groups in total. The molecule has 0 radical (unpaired) electrons. The van der Waals surface area contributed by atoms with Crippen LogP contribution in [0.25, 0.3) is 6.08 Å². The second-order valence-corrected chi connectivity index (χ2v) is 11.9. The van der Waals surface area contributed by atoms with Gasteiger partial charge in [0, 0.05) is 24.1 Å². The Labute approximate surface area is 228 Å². The molecule has 38 heavy (non-hydrogen) atoms. The van der Waals surface area contributed by atoms with Crippen LogP contribution in [0.15, 0.2) is 30.4 Å². The third-order valence-corrected chi connectivity index (χ3v) is 6.95. The number of ether oxygens (including phenoxy) is 4. The lowest BCUT2D eigenvalue weighted by Crippen LogP contribution is -2.37. The number of esters is 1. The lowest BCUT2D eigenvalue weighted by molar-refractivity contribution is -0.148. The van der Waals surface area contributed by atoms with Crippen LogP contribution >= 0.6 is 0 Å². The summed E-state index contributed by atoms with van der Waals surface area (Å²) in [6, 6.07) is 3.69. The van der Waals surface area contributed by atoms with E-state index in [9.17, 15) is 9.59 Å². The number of amides is 1. The van der Waals surface area contributed by atoms with Crippen LogP contribution < -0.4 is 4.90 Å². The minimum Gasteiger partial charge on any atom is -0.458 e. The van der Waals surface area contributed by atoms with Crippen LogP contribution in [0.4, 0.5) is 10.5 Å². The number of hydrogen-bond acceptors (Lipinski definition) is 6. The highest BCUT2D eigenvalue weighted by atomic mass is 16.8. The first kappa shape index (κ1) is 29.9. The maximum Gasteiger partial charge on any atom is 0.414 e. The Morgan fingerprint density at radius 2 is 1.76 bits per heavy atom. The first-order valence-corrected chi connectivity index (χ1v) is 13.7. The van der Waals surface area contributed by atoms with E-state index in [0.717, 1.165) is 5.56 Å². The predicted octanol–water partition coefficient (Wildman–Crippen LogP) is 7.07. The molecule has 0 bridgehead atoms. The average molecular weight is 528 g/mol. The monoisotopic (exact) mass is 527 g/mol. The zero-order valence-electron chi connectivity index (χ0n) is 24.7. The van der Waals surface area contributed by atoms with Crippen molar-refractivity contribution in [3.63, 3.8) is 0 Å². The Morgan fingerprint density at radius 1 is 1.11 bits per heavy atom. The molecule has 2 aliphatic heterocycles. The lowest BCUT2D eigenvalue weighted by Gasteiger charge is -2.27. The van der Waals surface area contributed by atoms with Gasteiger partial charge in [0.1, 0.15) is 11.7 Å². The zero-order valence-corrected chi connectivity index (χ0v) is 24.7. The molecule has 7 heteroatoms. The summed E-state index contributed by atoms with van der Waals surface area (Å²) in [5.41, 5.74) is 1.93. The first-order valence-electron chi connectivity index (χ1n) is 13.7. The van der Waals surface area contributed by atoms with Crippen LogP contribution in [0, 0.1) is 18.8 Å². The molecule has 0 saturated carbocycles. The summed E-state index contributed by atoms with van der Waals surface area (Å²) in [7, 11) is 0. The maximum absolute atomic E-state index is 13.4. The number of rotatable bonds is 2. The van der Waals surface area contributed by atoms with Gasteiger partial charge in [-0.15, -0.1) is 0 Å². The van der Waals surface area contributed by atoms with Crippen molar-refractivity contribution in [2.75, 3.05) is 11.4 Å². The van der Waals surface area contributed by atoms with Gasteiger partial charge in [-0.2, -0.15) is 0 Å². The Balaban J connectivity index is 2.07. The van der Waals surface area contributed by atoms with Crippen molar-refractivity contribution in [2.45, 2.75) is 105 Å². The SMILES string of the molecule is CCN(C(=O)OC(C)(C)C)c1cc(C)c2c(c1)/C=C/C[C@@H]1OC(C)(C)O[C@@H]1[C@H](C)/C=C\[C@@H](C)[C@H](C)OC2=O. The van der Waals surface area contributed by atoms with Gasteiger partial charge in [-0.1, -0.05) is 38.2 Å². The number of cyclic esters (lactones) is 1. The fourth-order valence-corrected chi connectivity index (χ4v) is 4.87. The highest BCUT2D eigenvalue weighted by Crippen LogP contribution is 2.35. The van der Waals surface area contributed by atoms with Crippen molar-refractivity contribution in [3.8, 4) is 0 Å². The topological polar surface area (TPSA) is 74.3 Å². The van der Waals surface area contributed by atoms with Gasteiger partial charge in [-0.3, -0.25) is 4.90 Å². The molecule has 210 valence electrons. The quantitative estimate of drug-likeness (QED) is 0.303. The second-order valence-electron chi connectivity index (χ2n) is 11.9. The van der Waals surface area contributed by atoms with Crippen LogP contribution in [0.5, 0.6) is 0 Å². The summed E-state index contributed by atoms with van der Waals surface area (Å²) >= 11 is 0. The number of nitrogens with zero attached hydrogens (tertiary/aromatic N) is 1. The number of anilines is 1. The van der Waals surface area contributed by atoms with E-state index in [1.165, 1.54) is 0 Å². The third-order valence-electron chi connectivity index (χ3n) is 6.95. The van der Waals surface area contributed by atoms with Crippen molar-refractivity contribution < 1.29 is 28.5 Å². The molecule has 0 aliphatic carbocycles. The lowest BCUT2D eigenvalue weighted by atomic mass is 9.93. The van der Waals surface area contributed by atoms with Crippen LogP contribution in [-0.4, -0.2) is 48.3 Å². The normalized spacial score (nSPS) is 29.3. The van der Waals surface area contributed by atoms with Crippen LogP contribution in [0.2, 0.25) is 0 Å². The molecule has 1 aromatic carbocycles. The van der Waals surface area contributed by atoms with Crippen molar-refractivity contribution >= 4 is 23.8 Å². The van der Waals surface area contributed by atoms with Gasteiger partial charge in [0.05, 0.1) is 17.8 Å². The van der Waals surface area contributed by atoms with E-state index in [2.05, 4.69) is 19.1 Å². The number of carbonyl (C=O) groups excluding carboxylic acids is 2. The summed E-state index contributed by atoms with van der Waals surface area (Å²) < 4.78 is 24.1. The first-order chi connectivity index (χ1) is 17.6. The Hall–Kier alpha value is -2.64. The van der Waals surface area contributed by atoms with E-state index in [1.807, 2.05) is 86.6 Å². The molecule has 1 aromatic rings. The van der Waals surface area contributed by atoms with E-state index in [0.29, 0.717) is 29.8 Å². The van der Waals surface area contributed by atoms with Gasteiger partial charge in [0.25, 0.3) is 0 Å². The number of benzene rings is 1. The van der Waals surface area contributed by atoms with E-state index < -0.39 is 17.5 Å². The van der Waals surface area contributed by atoms with Gasteiger partial charge < -0.3 is 18.9 Å². The van der Waals surface area contributed by atoms with Crippen molar-refractivity contribution in [1.82, 2.24) is 0 Å². The average Bonchev–Trinajstić information content (AvgIpc) is 3.09. The molecule has 1 fully saturated rings. The Bertz CT molecular complexity index is 1080. The van der Waals surface area contributed by atoms with Gasteiger partial charge in [-0.25, -0.2) is 9.59 Å². The standard InChI is InChI=1S/C31H45NO6/c1-11-32(29(34)38-30(6,7)8)24-17-21(4)26-23(18-24)13-12-14-25-27(37-31(9,10)36-25)20(3)16-15-19(2)22(5)35-28(26)33/h12-13,15-20,22,25,27H,11,14H2,1-10H3/b13-12+,16-15-/t19-,20-,22+,25+,27-/m1/s1. The molecule has 0 unspecified atom stereocenters. The summed E-state index contributed by atoms with van der Waals surface area (Å²) in [5.74, 6) is -0.921. The Morgan fingerprint density at radius 3 is 2.39 bits per heavy atom. The van der Waals surface area contributed by atoms with Crippen LogP contribution in [-0.2, 0) is 18.9 Å². The second kappa shape index (κ2) is 11.6. The molecular weight excluding hydrogens is 482 g/mol. The molecule has 1 saturated heterocycles. The van der Waals surface area contributed by atoms with E-state index in [-0.39, 0.29) is 36.1 Å². The van der Waals surface area contributed by atoms with Crippen molar-refractivity contribution in [1.29, 1.82) is 0 Å². The van der Waals surface area contributed by atoms with Crippen molar-refractivity contribution in [3.05, 3.63) is 47.1 Å². The molecule has 5 atom stereocenters.